The topological polar surface area (TPSA) is 21.3 Å². The van der Waals surface area contributed by atoms with Gasteiger partial charge in [-0.05, 0) is 50.4 Å². The first kappa shape index (κ1) is 10.3. The van der Waals surface area contributed by atoms with Crippen molar-refractivity contribution >= 4 is 0 Å². The van der Waals surface area contributed by atoms with Crippen molar-refractivity contribution in [3.63, 3.8) is 0 Å². The van der Waals surface area contributed by atoms with Gasteiger partial charge in [0.25, 0.3) is 0 Å². The zero-order chi connectivity index (χ0) is 9.68. The summed E-state index contributed by atoms with van der Waals surface area (Å²) in [5, 5.41) is 3.34. The second kappa shape index (κ2) is 5.07. The van der Waals surface area contributed by atoms with Crippen molar-refractivity contribution in [2.45, 2.75) is 19.8 Å². The summed E-state index contributed by atoms with van der Waals surface area (Å²) in [5.74, 6) is 1.59. The maximum atomic E-state index is 5.10. The van der Waals surface area contributed by atoms with Crippen LogP contribution in [0.5, 0.6) is 0 Å². The largest absolute Gasteiger partial charge is 0.501 e. The van der Waals surface area contributed by atoms with E-state index in [0.717, 1.165) is 18.8 Å². The highest BCUT2D eigenvalue weighted by Crippen LogP contribution is 2.21. The Hall–Kier alpha value is -0.760. The van der Waals surface area contributed by atoms with E-state index in [2.05, 4.69) is 18.0 Å². The number of nitrogens with one attached hydrogen (secondary N) is 1. The Morgan fingerprint density at radius 3 is 2.62 bits per heavy atom. The number of allylic oxidation sites excluding steroid dienone is 3. The van der Waals surface area contributed by atoms with Crippen LogP contribution >= 0.6 is 0 Å². The summed E-state index contributed by atoms with van der Waals surface area (Å²) in [6.45, 7) is 8.28. The van der Waals surface area contributed by atoms with Gasteiger partial charge in [0, 0.05) is 0 Å². The van der Waals surface area contributed by atoms with Crippen molar-refractivity contribution < 1.29 is 4.74 Å². The van der Waals surface area contributed by atoms with Gasteiger partial charge >= 0.3 is 0 Å². The Morgan fingerprint density at radius 2 is 2.08 bits per heavy atom. The second-order valence-corrected chi connectivity index (χ2v) is 3.56. The molecular weight excluding hydrogens is 162 g/mol. The van der Waals surface area contributed by atoms with Gasteiger partial charge in [0.05, 0.1) is 12.9 Å². The zero-order valence-electron chi connectivity index (χ0n) is 8.60. The first-order chi connectivity index (χ1) is 6.24. The molecule has 0 aliphatic carbocycles. The summed E-state index contributed by atoms with van der Waals surface area (Å²) in [5.41, 5.74) is 1.21. The molecule has 13 heavy (non-hydrogen) atoms. The molecule has 1 N–H and O–H groups in total. The van der Waals surface area contributed by atoms with Gasteiger partial charge in [0.2, 0.25) is 0 Å². The average molecular weight is 181 g/mol. The molecule has 0 spiro atoms. The van der Waals surface area contributed by atoms with Crippen molar-refractivity contribution in [2.24, 2.45) is 5.92 Å². The van der Waals surface area contributed by atoms with E-state index in [4.69, 9.17) is 4.74 Å². The molecule has 0 aromatic rings. The Morgan fingerprint density at radius 1 is 1.46 bits per heavy atom. The summed E-state index contributed by atoms with van der Waals surface area (Å²) in [7, 11) is 1.70. The van der Waals surface area contributed by atoms with E-state index >= 15 is 0 Å². The molecular formula is C11H19NO. The predicted molar refractivity (Wildman–Crippen MR) is 55.5 cm³/mol. The molecule has 1 heterocycles. The van der Waals surface area contributed by atoms with Gasteiger partial charge in [-0.3, -0.25) is 0 Å². The Labute approximate surface area is 80.7 Å². The lowest BCUT2D eigenvalue weighted by Crippen LogP contribution is -2.28. The molecule has 0 amide bonds. The molecule has 0 unspecified atom stereocenters. The SMILES string of the molecule is C=C(/C=C(/C)OC)C1CCNCC1. The molecule has 1 rings (SSSR count). The van der Waals surface area contributed by atoms with Crippen LogP contribution in [0, 0.1) is 5.92 Å². The van der Waals surface area contributed by atoms with Gasteiger partial charge in [0.1, 0.15) is 0 Å². The Bertz CT molecular complexity index is 202. The monoisotopic (exact) mass is 181 g/mol. The molecule has 1 aliphatic rings. The van der Waals surface area contributed by atoms with E-state index in [0.29, 0.717) is 5.92 Å². The maximum absolute atomic E-state index is 5.10. The van der Waals surface area contributed by atoms with Crippen LogP contribution in [-0.4, -0.2) is 20.2 Å². The van der Waals surface area contributed by atoms with E-state index in [1.807, 2.05) is 6.92 Å². The number of hydrogen-bond acceptors (Lipinski definition) is 2. The maximum Gasteiger partial charge on any atom is 0.0927 e. The zero-order valence-corrected chi connectivity index (χ0v) is 8.60. The fourth-order valence-corrected chi connectivity index (χ4v) is 1.63. The van der Waals surface area contributed by atoms with Crippen molar-refractivity contribution in [1.82, 2.24) is 5.32 Å². The van der Waals surface area contributed by atoms with Crippen molar-refractivity contribution in [3.8, 4) is 0 Å². The molecule has 0 radical (unpaired) electrons. The van der Waals surface area contributed by atoms with Crippen molar-refractivity contribution in [3.05, 3.63) is 24.0 Å². The predicted octanol–water partition coefficient (Wildman–Crippen LogP) is 2.09. The lowest BCUT2D eigenvalue weighted by molar-refractivity contribution is 0.292. The Kier molecular flexibility index (Phi) is 4.03. The third kappa shape index (κ3) is 3.23. The lowest BCUT2D eigenvalue weighted by Gasteiger charge is -2.23. The van der Waals surface area contributed by atoms with E-state index in [1.54, 1.807) is 7.11 Å². The molecule has 0 aromatic carbocycles. The van der Waals surface area contributed by atoms with Crippen molar-refractivity contribution in [1.29, 1.82) is 0 Å². The molecule has 1 saturated heterocycles. The third-order valence-electron chi connectivity index (χ3n) is 2.57. The van der Waals surface area contributed by atoms with E-state index < -0.39 is 0 Å². The highest BCUT2D eigenvalue weighted by molar-refractivity contribution is 5.20. The highest BCUT2D eigenvalue weighted by Gasteiger charge is 2.14. The van der Waals surface area contributed by atoms with E-state index in [9.17, 15) is 0 Å². The van der Waals surface area contributed by atoms with Crippen LogP contribution in [0.15, 0.2) is 24.0 Å². The third-order valence-corrected chi connectivity index (χ3v) is 2.57. The first-order valence-corrected chi connectivity index (χ1v) is 4.86. The number of hydrogen-bond donors (Lipinski definition) is 1. The summed E-state index contributed by atoms with van der Waals surface area (Å²) in [4.78, 5) is 0. The molecule has 1 fully saturated rings. The summed E-state index contributed by atoms with van der Waals surface area (Å²) in [6.07, 6.45) is 4.45. The fraction of sp³-hybridized carbons (Fsp3) is 0.636. The van der Waals surface area contributed by atoms with Crippen LogP contribution < -0.4 is 5.32 Å². The van der Waals surface area contributed by atoms with E-state index in [1.165, 1.54) is 18.4 Å². The van der Waals surface area contributed by atoms with Gasteiger partial charge < -0.3 is 10.1 Å². The van der Waals surface area contributed by atoms with Crippen LogP contribution in [-0.2, 0) is 4.74 Å². The molecule has 2 nitrogen and oxygen atoms in total. The molecule has 74 valence electrons. The van der Waals surface area contributed by atoms with Crippen LogP contribution in [0.25, 0.3) is 0 Å². The molecule has 1 aliphatic heterocycles. The molecule has 0 bridgehead atoms. The van der Waals surface area contributed by atoms with Gasteiger partial charge in [-0.1, -0.05) is 6.58 Å². The van der Waals surface area contributed by atoms with Crippen LogP contribution in [0.3, 0.4) is 0 Å². The smallest absolute Gasteiger partial charge is 0.0927 e. The standard InChI is InChI=1S/C11H19NO/c1-9(8-10(2)13-3)11-4-6-12-7-5-11/h8,11-12H,1,4-7H2,2-3H3/b10-8-. The molecule has 0 atom stereocenters. The normalized spacial score (nSPS) is 20.0. The van der Waals surface area contributed by atoms with Crippen molar-refractivity contribution in [2.75, 3.05) is 20.2 Å². The number of ether oxygens (including phenoxy) is 1. The number of piperidine rings is 1. The number of methoxy groups -OCH3 is 1. The molecule has 0 aromatic heterocycles. The quantitative estimate of drug-likeness (QED) is 0.532. The second-order valence-electron chi connectivity index (χ2n) is 3.56. The highest BCUT2D eigenvalue weighted by atomic mass is 16.5. The van der Waals surface area contributed by atoms with Crippen LogP contribution in [0.1, 0.15) is 19.8 Å². The molecule has 0 saturated carbocycles. The van der Waals surface area contributed by atoms with Crippen LogP contribution in [0.2, 0.25) is 0 Å². The average Bonchev–Trinajstić information content (AvgIpc) is 2.19. The van der Waals surface area contributed by atoms with E-state index in [-0.39, 0.29) is 0 Å². The summed E-state index contributed by atoms with van der Waals surface area (Å²) < 4.78 is 5.10. The summed E-state index contributed by atoms with van der Waals surface area (Å²) in [6, 6.07) is 0. The van der Waals surface area contributed by atoms with Gasteiger partial charge in [-0.25, -0.2) is 0 Å². The summed E-state index contributed by atoms with van der Waals surface area (Å²) >= 11 is 0. The first-order valence-electron chi connectivity index (χ1n) is 4.86. The number of rotatable bonds is 3. The molecule has 2 heteroatoms. The van der Waals surface area contributed by atoms with Gasteiger partial charge in [0.15, 0.2) is 0 Å². The van der Waals surface area contributed by atoms with Gasteiger partial charge in [-0.2, -0.15) is 0 Å². The minimum Gasteiger partial charge on any atom is -0.501 e. The lowest BCUT2D eigenvalue weighted by atomic mass is 9.90. The van der Waals surface area contributed by atoms with Crippen LogP contribution in [0.4, 0.5) is 0 Å². The Balaban J connectivity index is 2.46. The van der Waals surface area contributed by atoms with Gasteiger partial charge in [-0.15, -0.1) is 0 Å². The minimum atomic E-state index is 0.645. The fourth-order valence-electron chi connectivity index (χ4n) is 1.63. The minimum absolute atomic E-state index is 0.645.